The Balaban J connectivity index is 1.41. The molecular weight excluding hydrogens is 346 g/mol. The SMILES string of the molecule is CCn1c(Cn2cccn2)nnc1C1CCN(Cc2scnc2C)CC1. The molecule has 1 aliphatic rings. The third-order valence-electron chi connectivity index (χ3n) is 5.20. The Hall–Kier alpha value is -2.06. The average Bonchev–Trinajstić information content (AvgIpc) is 3.39. The molecule has 1 fully saturated rings. The van der Waals surface area contributed by atoms with Crippen LogP contribution in [0.15, 0.2) is 24.0 Å². The molecular formula is C18H25N7S. The van der Waals surface area contributed by atoms with Crippen LogP contribution in [0, 0.1) is 6.92 Å². The van der Waals surface area contributed by atoms with Crippen LogP contribution in [0.25, 0.3) is 0 Å². The van der Waals surface area contributed by atoms with E-state index in [1.54, 1.807) is 17.5 Å². The molecule has 26 heavy (non-hydrogen) atoms. The Kier molecular flexibility index (Phi) is 5.12. The predicted molar refractivity (Wildman–Crippen MR) is 101 cm³/mol. The lowest BCUT2D eigenvalue weighted by Gasteiger charge is -2.31. The van der Waals surface area contributed by atoms with Gasteiger partial charge in [-0.05, 0) is 45.8 Å². The molecule has 3 aromatic rings. The number of piperidine rings is 1. The monoisotopic (exact) mass is 371 g/mol. The first-order valence-electron chi connectivity index (χ1n) is 9.25. The van der Waals surface area contributed by atoms with Crippen molar-refractivity contribution in [2.75, 3.05) is 13.1 Å². The predicted octanol–water partition coefficient (Wildman–Crippen LogP) is 2.69. The molecule has 0 spiro atoms. The van der Waals surface area contributed by atoms with Gasteiger partial charge in [0.1, 0.15) is 12.4 Å². The van der Waals surface area contributed by atoms with Crippen LogP contribution in [0.1, 0.15) is 47.9 Å². The van der Waals surface area contributed by atoms with Gasteiger partial charge in [-0.1, -0.05) is 0 Å². The third-order valence-corrected chi connectivity index (χ3v) is 6.12. The molecule has 0 aromatic carbocycles. The van der Waals surface area contributed by atoms with Crippen molar-refractivity contribution in [2.45, 2.75) is 52.2 Å². The van der Waals surface area contributed by atoms with Crippen LogP contribution in [-0.4, -0.2) is 47.5 Å². The lowest BCUT2D eigenvalue weighted by atomic mass is 9.95. The normalized spacial score (nSPS) is 16.4. The van der Waals surface area contributed by atoms with Crippen molar-refractivity contribution in [3.63, 3.8) is 0 Å². The van der Waals surface area contributed by atoms with Crippen molar-refractivity contribution >= 4 is 11.3 Å². The summed E-state index contributed by atoms with van der Waals surface area (Å²) in [6.07, 6.45) is 6.04. The summed E-state index contributed by atoms with van der Waals surface area (Å²) in [4.78, 5) is 8.29. The Morgan fingerprint density at radius 3 is 2.69 bits per heavy atom. The average molecular weight is 372 g/mol. The molecule has 0 radical (unpaired) electrons. The van der Waals surface area contributed by atoms with Gasteiger partial charge in [0.05, 0.1) is 11.2 Å². The van der Waals surface area contributed by atoms with Gasteiger partial charge < -0.3 is 4.57 Å². The third kappa shape index (κ3) is 3.57. The van der Waals surface area contributed by atoms with Crippen molar-refractivity contribution in [3.8, 4) is 0 Å². The minimum atomic E-state index is 0.493. The number of thiazole rings is 1. The van der Waals surface area contributed by atoms with Gasteiger partial charge in [0.15, 0.2) is 5.82 Å². The summed E-state index contributed by atoms with van der Waals surface area (Å²) in [7, 11) is 0. The molecule has 0 amide bonds. The van der Waals surface area contributed by atoms with Gasteiger partial charge in [0, 0.05) is 36.3 Å². The van der Waals surface area contributed by atoms with Crippen LogP contribution in [-0.2, 0) is 19.6 Å². The number of likely N-dealkylation sites (tertiary alicyclic amines) is 1. The van der Waals surface area contributed by atoms with E-state index in [-0.39, 0.29) is 0 Å². The molecule has 3 aromatic heterocycles. The second kappa shape index (κ2) is 7.67. The summed E-state index contributed by atoms with van der Waals surface area (Å²) in [5.41, 5.74) is 3.12. The number of hydrogen-bond acceptors (Lipinski definition) is 6. The Labute approximate surface area is 157 Å². The molecule has 0 aliphatic carbocycles. The minimum absolute atomic E-state index is 0.493. The van der Waals surface area contributed by atoms with Gasteiger partial charge in [0.25, 0.3) is 0 Å². The van der Waals surface area contributed by atoms with Gasteiger partial charge in [-0.3, -0.25) is 9.58 Å². The smallest absolute Gasteiger partial charge is 0.154 e. The zero-order chi connectivity index (χ0) is 17.9. The van der Waals surface area contributed by atoms with Crippen molar-refractivity contribution in [3.05, 3.63) is 46.2 Å². The number of hydrogen-bond donors (Lipinski definition) is 0. The van der Waals surface area contributed by atoms with Crippen LogP contribution in [0.5, 0.6) is 0 Å². The van der Waals surface area contributed by atoms with Gasteiger partial charge in [-0.15, -0.1) is 21.5 Å². The number of nitrogens with zero attached hydrogens (tertiary/aromatic N) is 7. The molecule has 0 bridgehead atoms. The van der Waals surface area contributed by atoms with E-state index in [9.17, 15) is 0 Å². The summed E-state index contributed by atoms with van der Waals surface area (Å²) < 4.78 is 4.18. The fraction of sp³-hybridized carbons (Fsp3) is 0.556. The standard InChI is InChI=1S/C18H25N7S/c1-3-25-17(12-24-8-4-7-20-24)21-22-18(25)15-5-9-23(10-6-15)11-16-14(2)19-13-26-16/h4,7-8,13,15H,3,5-6,9-12H2,1-2H3. The zero-order valence-electron chi connectivity index (χ0n) is 15.4. The molecule has 8 heteroatoms. The summed E-state index contributed by atoms with van der Waals surface area (Å²) in [5, 5.41) is 13.3. The maximum absolute atomic E-state index is 4.55. The van der Waals surface area contributed by atoms with Crippen LogP contribution >= 0.6 is 11.3 Å². The zero-order valence-corrected chi connectivity index (χ0v) is 16.2. The molecule has 0 atom stereocenters. The fourth-order valence-corrected chi connectivity index (χ4v) is 4.50. The Morgan fingerprint density at radius 1 is 1.19 bits per heavy atom. The quantitative estimate of drug-likeness (QED) is 0.667. The molecule has 0 unspecified atom stereocenters. The second-order valence-electron chi connectivity index (χ2n) is 6.83. The van der Waals surface area contributed by atoms with E-state index in [2.05, 4.69) is 43.6 Å². The van der Waals surface area contributed by atoms with Crippen molar-refractivity contribution in [2.24, 2.45) is 0 Å². The van der Waals surface area contributed by atoms with E-state index in [1.807, 2.05) is 22.5 Å². The van der Waals surface area contributed by atoms with Gasteiger partial charge in [-0.2, -0.15) is 5.10 Å². The van der Waals surface area contributed by atoms with Crippen molar-refractivity contribution in [1.29, 1.82) is 0 Å². The van der Waals surface area contributed by atoms with Crippen LogP contribution in [0.3, 0.4) is 0 Å². The highest BCUT2D eigenvalue weighted by atomic mass is 32.1. The second-order valence-corrected chi connectivity index (χ2v) is 7.77. The number of rotatable bonds is 6. The molecule has 1 saturated heterocycles. The summed E-state index contributed by atoms with van der Waals surface area (Å²) in [5.74, 6) is 2.63. The lowest BCUT2D eigenvalue weighted by molar-refractivity contribution is 0.201. The number of aryl methyl sites for hydroxylation is 1. The van der Waals surface area contributed by atoms with Crippen molar-refractivity contribution in [1.82, 2.24) is 34.4 Å². The van der Waals surface area contributed by atoms with Gasteiger partial charge in [-0.25, -0.2) is 4.98 Å². The van der Waals surface area contributed by atoms with E-state index in [0.717, 1.165) is 50.7 Å². The maximum Gasteiger partial charge on any atom is 0.154 e. The van der Waals surface area contributed by atoms with E-state index in [0.29, 0.717) is 12.5 Å². The molecule has 7 nitrogen and oxygen atoms in total. The highest BCUT2D eigenvalue weighted by molar-refractivity contribution is 7.09. The molecule has 138 valence electrons. The first-order valence-corrected chi connectivity index (χ1v) is 10.1. The van der Waals surface area contributed by atoms with E-state index in [1.165, 1.54) is 10.6 Å². The maximum atomic E-state index is 4.55. The Morgan fingerprint density at radius 2 is 2.04 bits per heavy atom. The van der Waals surface area contributed by atoms with Gasteiger partial charge >= 0.3 is 0 Å². The molecule has 0 saturated carbocycles. The summed E-state index contributed by atoms with van der Waals surface area (Å²) >= 11 is 1.76. The highest BCUT2D eigenvalue weighted by Gasteiger charge is 2.26. The topological polar surface area (TPSA) is 64.7 Å². The summed E-state index contributed by atoms with van der Waals surface area (Å²) in [6, 6.07) is 1.94. The van der Waals surface area contributed by atoms with Crippen LogP contribution in [0.2, 0.25) is 0 Å². The van der Waals surface area contributed by atoms with E-state index < -0.39 is 0 Å². The minimum Gasteiger partial charge on any atom is -0.313 e. The molecule has 4 heterocycles. The highest BCUT2D eigenvalue weighted by Crippen LogP contribution is 2.29. The van der Waals surface area contributed by atoms with Crippen LogP contribution < -0.4 is 0 Å². The van der Waals surface area contributed by atoms with E-state index in [4.69, 9.17) is 0 Å². The van der Waals surface area contributed by atoms with Crippen molar-refractivity contribution < 1.29 is 0 Å². The Bertz CT molecular complexity index is 828. The van der Waals surface area contributed by atoms with Crippen LogP contribution in [0.4, 0.5) is 0 Å². The fourth-order valence-electron chi connectivity index (χ4n) is 3.68. The first kappa shape index (κ1) is 17.4. The van der Waals surface area contributed by atoms with E-state index >= 15 is 0 Å². The molecule has 1 aliphatic heterocycles. The number of aromatic nitrogens is 6. The molecule has 0 N–H and O–H groups in total. The first-order chi connectivity index (χ1) is 12.7. The molecule has 4 rings (SSSR count). The largest absolute Gasteiger partial charge is 0.313 e. The lowest BCUT2D eigenvalue weighted by Crippen LogP contribution is -2.33. The van der Waals surface area contributed by atoms with Gasteiger partial charge in [0.2, 0.25) is 0 Å². The summed E-state index contributed by atoms with van der Waals surface area (Å²) in [6.45, 7) is 9.08.